The number of carbonyl (C=O) groups excluding carboxylic acids is 1. The van der Waals surface area contributed by atoms with E-state index in [1.165, 1.54) is 6.42 Å². The number of piperidine rings is 1. The Kier molecular flexibility index (Phi) is 4.60. The highest BCUT2D eigenvalue weighted by Crippen LogP contribution is 2.25. The lowest BCUT2D eigenvalue weighted by molar-refractivity contribution is -0.123. The summed E-state index contributed by atoms with van der Waals surface area (Å²) < 4.78 is 0. The largest absolute Gasteiger partial charge is 0.356 e. The van der Waals surface area contributed by atoms with Crippen LogP contribution in [0.4, 0.5) is 5.82 Å². The van der Waals surface area contributed by atoms with E-state index in [1.54, 1.807) is 0 Å². The van der Waals surface area contributed by atoms with Gasteiger partial charge in [-0.1, -0.05) is 0 Å². The third kappa shape index (κ3) is 3.76. The lowest BCUT2D eigenvalue weighted by atomic mass is 9.90. The predicted octanol–water partition coefficient (Wildman–Crippen LogP) is 2.37. The normalized spacial score (nSPS) is 19.8. The quantitative estimate of drug-likeness (QED) is 0.927. The van der Waals surface area contributed by atoms with Crippen molar-refractivity contribution in [2.45, 2.75) is 58.4 Å². The molecular formula is C17H26N4O. The summed E-state index contributed by atoms with van der Waals surface area (Å²) in [4.78, 5) is 23.2. The fourth-order valence-corrected chi connectivity index (χ4v) is 3.33. The fraction of sp³-hybridized carbons (Fsp3) is 0.706. The molecule has 5 nitrogen and oxygen atoms in total. The molecular weight excluding hydrogens is 276 g/mol. The number of amides is 1. The number of aromatic nitrogens is 2. The zero-order chi connectivity index (χ0) is 15.5. The van der Waals surface area contributed by atoms with Crippen LogP contribution < -0.4 is 10.2 Å². The van der Waals surface area contributed by atoms with E-state index in [0.717, 1.165) is 56.1 Å². The van der Waals surface area contributed by atoms with Crippen LogP contribution in [0, 0.1) is 19.8 Å². The van der Waals surface area contributed by atoms with Crippen LogP contribution in [0.5, 0.6) is 0 Å². The standard InChI is InChI=1S/C17H26N4O/c1-12-10-16(19-13(2)18-12)21-8-6-14(7-9-21)11-17(22)20-15-4-3-5-15/h10,14-15H,3-9,11H2,1-2H3,(H,20,22). The van der Waals surface area contributed by atoms with E-state index in [9.17, 15) is 4.79 Å². The van der Waals surface area contributed by atoms with Crippen molar-refractivity contribution in [1.29, 1.82) is 0 Å². The molecule has 2 aliphatic rings. The number of aryl methyl sites for hydroxylation is 2. The molecule has 22 heavy (non-hydrogen) atoms. The molecule has 1 aromatic rings. The molecule has 1 aliphatic carbocycles. The molecule has 5 heteroatoms. The highest BCUT2D eigenvalue weighted by atomic mass is 16.1. The van der Waals surface area contributed by atoms with Gasteiger partial charge in [-0.05, 0) is 51.9 Å². The molecule has 1 saturated heterocycles. The molecule has 0 bridgehead atoms. The molecule has 2 heterocycles. The third-order valence-electron chi connectivity index (χ3n) is 4.84. The second-order valence-electron chi connectivity index (χ2n) is 6.74. The first-order chi connectivity index (χ1) is 10.6. The van der Waals surface area contributed by atoms with Gasteiger partial charge in [-0.25, -0.2) is 9.97 Å². The number of carbonyl (C=O) groups is 1. The minimum absolute atomic E-state index is 0.247. The lowest BCUT2D eigenvalue weighted by Crippen LogP contribution is -2.41. The second-order valence-corrected chi connectivity index (χ2v) is 6.74. The molecule has 2 fully saturated rings. The predicted molar refractivity (Wildman–Crippen MR) is 86.8 cm³/mol. The van der Waals surface area contributed by atoms with Crippen molar-refractivity contribution in [3.63, 3.8) is 0 Å². The number of anilines is 1. The molecule has 0 unspecified atom stereocenters. The van der Waals surface area contributed by atoms with Gasteiger partial charge in [0, 0.05) is 37.3 Å². The highest BCUT2D eigenvalue weighted by molar-refractivity contribution is 5.76. The van der Waals surface area contributed by atoms with Crippen molar-refractivity contribution in [2.75, 3.05) is 18.0 Å². The zero-order valence-electron chi connectivity index (χ0n) is 13.6. The van der Waals surface area contributed by atoms with Gasteiger partial charge in [-0.2, -0.15) is 0 Å². The summed E-state index contributed by atoms with van der Waals surface area (Å²) in [6.45, 7) is 5.91. The van der Waals surface area contributed by atoms with Gasteiger partial charge in [-0.15, -0.1) is 0 Å². The average Bonchev–Trinajstić information content (AvgIpc) is 2.43. The van der Waals surface area contributed by atoms with E-state index in [-0.39, 0.29) is 5.91 Å². The third-order valence-corrected chi connectivity index (χ3v) is 4.84. The van der Waals surface area contributed by atoms with E-state index >= 15 is 0 Å². The van der Waals surface area contributed by atoms with Crippen LogP contribution in [0.2, 0.25) is 0 Å². The molecule has 1 aliphatic heterocycles. The Morgan fingerprint density at radius 3 is 2.55 bits per heavy atom. The Bertz CT molecular complexity index is 513. The molecule has 1 saturated carbocycles. The van der Waals surface area contributed by atoms with Crippen molar-refractivity contribution >= 4 is 11.7 Å². The maximum atomic E-state index is 12.0. The van der Waals surface area contributed by atoms with E-state index in [4.69, 9.17) is 0 Å². The van der Waals surface area contributed by atoms with E-state index in [2.05, 4.69) is 26.3 Å². The molecule has 1 aromatic heterocycles. The van der Waals surface area contributed by atoms with E-state index in [1.807, 2.05) is 13.8 Å². The van der Waals surface area contributed by atoms with Crippen molar-refractivity contribution in [3.8, 4) is 0 Å². The summed E-state index contributed by atoms with van der Waals surface area (Å²) in [5.74, 6) is 2.62. The molecule has 0 atom stereocenters. The Balaban J connectivity index is 1.48. The molecule has 3 rings (SSSR count). The van der Waals surface area contributed by atoms with Crippen molar-refractivity contribution in [3.05, 3.63) is 17.6 Å². The maximum Gasteiger partial charge on any atom is 0.220 e. The molecule has 1 N–H and O–H groups in total. The van der Waals surface area contributed by atoms with Crippen LogP contribution in [0.25, 0.3) is 0 Å². The first-order valence-corrected chi connectivity index (χ1v) is 8.47. The Labute approximate surface area is 132 Å². The van der Waals surface area contributed by atoms with E-state index in [0.29, 0.717) is 18.4 Å². The first-order valence-electron chi connectivity index (χ1n) is 8.47. The summed E-state index contributed by atoms with van der Waals surface area (Å²) in [6.07, 6.45) is 6.42. The molecule has 0 spiro atoms. The van der Waals surface area contributed by atoms with Gasteiger partial charge >= 0.3 is 0 Å². The van der Waals surface area contributed by atoms with Gasteiger partial charge in [-0.3, -0.25) is 4.79 Å². The minimum Gasteiger partial charge on any atom is -0.356 e. The van der Waals surface area contributed by atoms with E-state index < -0.39 is 0 Å². The van der Waals surface area contributed by atoms with Gasteiger partial charge in [0.2, 0.25) is 5.91 Å². The Hall–Kier alpha value is -1.65. The fourth-order valence-electron chi connectivity index (χ4n) is 3.33. The lowest BCUT2D eigenvalue weighted by Gasteiger charge is -2.33. The summed E-state index contributed by atoms with van der Waals surface area (Å²) in [7, 11) is 0. The molecule has 0 aromatic carbocycles. The van der Waals surface area contributed by atoms with Gasteiger partial charge in [0.25, 0.3) is 0 Å². The van der Waals surface area contributed by atoms with Crippen LogP contribution in [-0.4, -0.2) is 35.0 Å². The highest BCUT2D eigenvalue weighted by Gasteiger charge is 2.25. The average molecular weight is 302 g/mol. The SMILES string of the molecule is Cc1cc(N2CCC(CC(=O)NC3CCC3)CC2)nc(C)n1. The Morgan fingerprint density at radius 1 is 1.23 bits per heavy atom. The van der Waals surface area contributed by atoms with Crippen LogP contribution in [0.3, 0.4) is 0 Å². The monoisotopic (exact) mass is 302 g/mol. The maximum absolute atomic E-state index is 12.0. The van der Waals surface area contributed by atoms with Crippen molar-refractivity contribution < 1.29 is 4.79 Å². The second kappa shape index (κ2) is 6.63. The van der Waals surface area contributed by atoms with Crippen LogP contribution in [0.15, 0.2) is 6.07 Å². The molecule has 0 radical (unpaired) electrons. The van der Waals surface area contributed by atoms with Gasteiger partial charge < -0.3 is 10.2 Å². The van der Waals surface area contributed by atoms with Gasteiger partial charge in [0.15, 0.2) is 0 Å². The summed E-state index contributed by atoms with van der Waals surface area (Å²) in [5.41, 5.74) is 1.02. The van der Waals surface area contributed by atoms with Crippen LogP contribution in [-0.2, 0) is 4.79 Å². The number of nitrogens with zero attached hydrogens (tertiary/aromatic N) is 3. The van der Waals surface area contributed by atoms with Gasteiger partial charge in [0.1, 0.15) is 11.6 Å². The molecule has 120 valence electrons. The smallest absolute Gasteiger partial charge is 0.220 e. The number of rotatable bonds is 4. The first kappa shape index (κ1) is 15.3. The Morgan fingerprint density at radius 2 is 1.95 bits per heavy atom. The zero-order valence-corrected chi connectivity index (χ0v) is 13.6. The van der Waals surface area contributed by atoms with Crippen LogP contribution in [0.1, 0.15) is 50.0 Å². The summed E-state index contributed by atoms with van der Waals surface area (Å²) >= 11 is 0. The number of hydrogen-bond acceptors (Lipinski definition) is 4. The molecule has 1 amide bonds. The number of hydrogen-bond donors (Lipinski definition) is 1. The van der Waals surface area contributed by atoms with Crippen molar-refractivity contribution in [1.82, 2.24) is 15.3 Å². The minimum atomic E-state index is 0.247. The van der Waals surface area contributed by atoms with Gasteiger partial charge in [0.05, 0.1) is 0 Å². The number of nitrogens with one attached hydrogen (secondary N) is 1. The van der Waals surface area contributed by atoms with Crippen molar-refractivity contribution in [2.24, 2.45) is 5.92 Å². The van der Waals surface area contributed by atoms with Crippen LogP contribution >= 0.6 is 0 Å². The summed E-state index contributed by atoms with van der Waals surface area (Å²) in [5, 5.41) is 3.15. The summed E-state index contributed by atoms with van der Waals surface area (Å²) in [6, 6.07) is 2.51. The topological polar surface area (TPSA) is 58.1 Å².